The largest absolute Gasteiger partial charge is 0.496 e. The fourth-order valence-electron chi connectivity index (χ4n) is 1.70. The molecule has 0 saturated carbocycles. The van der Waals surface area contributed by atoms with Gasteiger partial charge < -0.3 is 4.74 Å². The molecule has 0 amide bonds. The Morgan fingerprint density at radius 3 is 2.45 bits per heavy atom. The highest BCUT2D eigenvalue weighted by molar-refractivity contribution is 9.10. The molecule has 0 aliphatic carbocycles. The van der Waals surface area contributed by atoms with Gasteiger partial charge in [0.1, 0.15) is 11.6 Å². The zero-order valence-corrected chi connectivity index (χ0v) is 11.8. The molecule has 0 aromatic heterocycles. The van der Waals surface area contributed by atoms with Gasteiger partial charge >= 0.3 is 0 Å². The van der Waals surface area contributed by atoms with Gasteiger partial charge in [-0.3, -0.25) is 4.79 Å². The molecule has 104 valence electrons. The van der Waals surface area contributed by atoms with Crippen LogP contribution in [0.2, 0.25) is 0 Å². The van der Waals surface area contributed by atoms with Crippen LogP contribution < -0.4 is 4.74 Å². The van der Waals surface area contributed by atoms with Crippen molar-refractivity contribution in [2.75, 3.05) is 7.11 Å². The van der Waals surface area contributed by atoms with E-state index in [1.165, 1.54) is 13.2 Å². The highest BCUT2D eigenvalue weighted by Gasteiger charge is 2.21. The van der Waals surface area contributed by atoms with Crippen LogP contribution in [-0.2, 0) is 0 Å². The summed E-state index contributed by atoms with van der Waals surface area (Å²) in [4.78, 5) is 12.3. The van der Waals surface area contributed by atoms with E-state index < -0.39 is 23.2 Å². The Bertz CT molecular complexity index is 686. The van der Waals surface area contributed by atoms with Crippen LogP contribution in [0.15, 0.2) is 34.8 Å². The standard InChI is InChI=1S/C14H8BrF3O2/c1-20-11-5-2-7(16)6-9(11)14(19)8-3-4-10(17)13(18)12(8)15/h2-6H,1H3. The summed E-state index contributed by atoms with van der Waals surface area (Å²) in [6.45, 7) is 0. The summed E-state index contributed by atoms with van der Waals surface area (Å²) < 4.78 is 44.4. The molecule has 2 rings (SSSR count). The summed E-state index contributed by atoms with van der Waals surface area (Å²) in [5.41, 5.74) is -0.188. The molecule has 0 aliphatic heterocycles. The van der Waals surface area contributed by atoms with E-state index in [1.54, 1.807) is 0 Å². The molecule has 0 bridgehead atoms. The summed E-state index contributed by atoms with van der Waals surface area (Å²) >= 11 is 2.82. The SMILES string of the molecule is COc1ccc(F)cc1C(=O)c1ccc(F)c(F)c1Br. The number of ketones is 1. The lowest BCUT2D eigenvalue weighted by Crippen LogP contribution is -2.07. The summed E-state index contributed by atoms with van der Waals surface area (Å²) in [6.07, 6.45) is 0. The van der Waals surface area contributed by atoms with E-state index in [4.69, 9.17) is 4.74 Å². The summed E-state index contributed by atoms with van der Waals surface area (Å²) in [6, 6.07) is 5.36. The van der Waals surface area contributed by atoms with Gasteiger partial charge in [0, 0.05) is 5.56 Å². The van der Waals surface area contributed by atoms with Gasteiger partial charge in [0.2, 0.25) is 0 Å². The van der Waals surface area contributed by atoms with Gasteiger partial charge in [-0.05, 0) is 46.3 Å². The zero-order chi connectivity index (χ0) is 14.9. The van der Waals surface area contributed by atoms with Gasteiger partial charge in [0.05, 0.1) is 17.1 Å². The maximum Gasteiger partial charge on any atom is 0.198 e. The lowest BCUT2D eigenvalue weighted by atomic mass is 10.0. The second kappa shape index (κ2) is 5.66. The van der Waals surface area contributed by atoms with Crippen molar-refractivity contribution in [2.45, 2.75) is 0 Å². The number of carbonyl (C=O) groups excluding carboxylic acids is 1. The van der Waals surface area contributed by atoms with Crippen molar-refractivity contribution in [2.24, 2.45) is 0 Å². The molecule has 0 heterocycles. The molecule has 2 aromatic carbocycles. The first-order chi connectivity index (χ1) is 9.45. The average Bonchev–Trinajstić information content (AvgIpc) is 2.44. The van der Waals surface area contributed by atoms with Crippen LogP contribution in [-0.4, -0.2) is 12.9 Å². The molecule has 0 fully saturated rings. The number of rotatable bonds is 3. The first kappa shape index (κ1) is 14.6. The van der Waals surface area contributed by atoms with Crippen molar-refractivity contribution < 1.29 is 22.7 Å². The van der Waals surface area contributed by atoms with Crippen molar-refractivity contribution >= 4 is 21.7 Å². The second-order valence-electron chi connectivity index (χ2n) is 3.90. The number of carbonyl (C=O) groups is 1. The van der Waals surface area contributed by atoms with Crippen molar-refractivity contribution in [1.29, 1.82) is 0 Å². The maximum absolute atomic E-state index is 13.4. The highest BCUT2D eigenvalue weighted by atomic mass is 79.9. The molecule has 0 unspecified atom stereocenters. The molecule has 0 aliphatic rings. The van der Waals surface area contributed by atoms with Crippen molar-refractivity contribution in [1.82, 2.24) is 0 Å². The third-order valence-electron chi connectivity index (χ3n) is 2.69. The number of benzene rings is 2. The van der Waals surface area contributed by atoms with E-state index in [2.05, 4.69) is 15.9 Å². The fourth-order valence-corrected chi connectivity index (χ4v) is 2.21. The fraction of sp³-hybridized carbons (Fsp3) is 0.0714. The maximum atomic E-state index is 13.4. The Balaban J connectivity index is 2.57. The average molecular weight is 345 g/mol. The van der Waals surface area contributed by atoms with Gasteiger partial charge in [-0.25, -0.2) is 13.2 Å². The zero-order valence-electron chi connectivity index (χ0n) is 10.2. The number of methoxy groups -OCH3 is 1. The Hall–Kier alpha value is -1.82. The first-order valence-electron chi connectivity index (χ1n) is 5.47. The molecule has 20 heavy (non-hydrogen) atoms. The monoisotopic (exact) mass is 344 g/mol. The number of ether oxygens (including phenoxy) is 1. The van der Waals surface area contributed by atoms with Gasteiger partial charge in [0.15, 0.2) is 17.4 Å². The molecule has 0 radical (unpaired) electrons. The predicted octanol–water partition coefficient (Wildman–Crippen LogP) is 4.11. The molecular weight excluding hydrogens is 337 g/mol. The highest BCUT2D eigenvalue weighted by Crippen LogP contribution is 2.28. The van der Waals surface area contributed by atoms with Crippen LogP contribution in [0.25, 0.3) is 0 Å². The van der Waals surface area contributed by atoms with Gasteiger partial charge in [-0.15, -0.1) is 0 Å². The van der Waals surface area contributed by atoms with E-state index in [-0.39, 0.29) is 21.3 Å². The van der Waals surface area contributed by atoms with E-state index in [9.17, 15) is 18.0 Å². The Kier molecular flexibility index (Phi) is 4.13. The van der Waals surface area contributed by atoms with Crippen LogP contribution >= 0.6 is 15.9 Å². The normalized spacial score (nSPS) is 10.4. The quantitative estimate of drug-likeness (QED) is 0.618. The molecule has 0 atom stereocenters. The molecule has 0 N–H and O–H groups in total. The van der Waals surface area contributed by atoms with E-state index in [1.807, 2.05) is 0 Å². The topological polar surface area (TPSA) is 26.3 Å². The molecule has 0 spiro atoms. The molecule has 2 aromatic rings. The smallest absolute Gasteiger partial charge is 0.198 e. The van der Waals surface area contributed by atoms with E-state index in [0.717, 1.165) is 24.3 Å². The number of hydrogen-bond donors (Lipinski definition) is 0. The Labute approximate surface area is 121 Å². The van der Waals surface area contributed by atoms with Crippen molar-refractivity contribution in [3.05, 3.63) is 63.4 Å². The second-order valence-corrected chi connectivity index (χ2v) is 4.69. The molecular formula is C14H8BrF3O2. The van der Waals surface area contributed by atoms with Crippen LogP contribution in [0.3, 0.4) is 0 Å². The van der Waals surface area contributed by atoms with Crippen LogP contribution in [0.1, 0.15) is 15.9 Å². The van der Waals surface area contributed by atoms with Crippen LogP contribution in [0, 0.1) is 17.5 Å². The molecule has 0 saturated heterocycles. The molecule has 2 nitrogen and oxygen atoms in total. The van der Waals surface area contributed by atoms with Crippen molar-refractivity contribution in [3.63, 3.8) is 0 Å². The van der Waals surface area contributed by atoms with Gasteiger partial charge in [-0.2, -0.15) is 0 Å². The Morgan fingerprint density at radius 1 is 1.10 bits per heavy atom. The van der Waals surface area contributed by atoms with E-state index >= 15 is 0 Å². The predicted molar refractivity (Wildman–Crippen MR) is 70.4 cm³/mol. The first-order valence-corrected chi connectivity index (χ1v) is 6.26. The summed E-state index contributed by atoms with van der Waals surface area (Å²) in [5, 5.41) is 0. The molecule has 6 heteroatoms. The van der Waals surface area contributed by atoms with E-state index in [0.29, 0.717) is 0 Å². The van der Waals surface area contributed by atoms with Crippen LogP contribution in [0.5, 0.6) is 5.75 Å². The van der Waals surface area contributed by atoms with Crippen LogP contribution in [0.4, 0.5) is 13.2 Å². The summed E-state index contributed by atoms with van der Waals surface area (Å²) in [7, 11) is 1.32. The Morgan fingerprint density at radius 2 is 1.80 bits per heavy atom. The van der Waals surface area contributed by atoms with Gasteiger partial charge in [-0.1, -0.05) is 0 Å². The van der Waals surface area contributed by atoms with Gasteiger partial charge in [0.25, 0.3) is 0 Å². The minimum absolute atomic E-state index is 0.0702. The lowest BCUT2D eigenvalue weighted by molar-refractivity contribution is 0.103. The number of halogens is 4. The minimum Gasteiger partial charge on any atom is -0.496 e. The number of hydrogen-bond acceptors (Lipinski definition) is 2. The summed E-state index contributed by atoms with van der Waals surface area (Å²) in [5.74, 6) is -3.42. The van der Waals surface area contributed by atoms with Crippen molar-refractivity contribution in [3.8, 4) is 5.75 Å². The minimum atomic E-state index is -1.17. The lowest BCUT2D eigenvalue weighted by Gasteiger charge is -2.09. The third-order valence-corrected chi connectivity index (χ3v) is 3.46. The third kappa shape index (κ3) is 2.56.